The Labute approximate surface area is 129 Å². The molecule has 0 unspecified atom stereocenters. The summed E-state index contributed by atoms with van der Waals surface area (Å²) in [5, 5.41) is 3.54. The Morgan fingerprint density at radius 2 is 1.76 bits per heavy atom. The van der Waals surface area contributed by atoms with Gasteiger partial charge in [0.25, 0.3) is 0 Å². The molecule has 1 amide bonds. The van der Waals surface area contributed by atoms with Gasteiger partial charge in [-0.15, -0.1) is 0 Å². The van der Waals surface area contributed by atoms with Gasteiger partial charge in [-0.1, -0.05) is 12.8 Å². The zero-order valence-electron chi connectivity index (χ0n) is 13.9. The summed E-state index contributed by atoms with van der Waals surface area (Å²) < 4.78 is 5.35. The molecule has 2 fully saturated rings. The van der Waals surface area contributed by atoms with Gasteiger partial charge in [0.05, 0.1) is 0 Å². The van der Waals surface area contributed by atoms with Crippen molar-refractivity contribution < 1.29 is 9.53 Å². The lowest BCUT2D eigenvalue weighted by molar-refractivity contribution is 0.00519. The average molecular weight is 297 g/mol. The molecule has 122 valence electrons. The van der Waals surface area contributed by atoms with Crippen molar-refractivity contribution in [2.24, 2.45) is 0 Å². The molecule has 0 aromatic heterocycles. The molecule has 2 aliphatic rings. The lowest BCUT2D eigenvalue weighted by atomic mass is 10.1. The number of carbonyl (C=O) groups excluding carboxylic acids is 1. The Morgan fingerprint density at radius 1 is 1.14 bits per heavy atom. The van der Waals surface area contributed by atoms with Gasteiger partial charge in [0.15, 0.2) is 0 Å². The Balaban J connectivity index is 1.55. The summed E-state index contributed by atoms with van der Waals surface area (Å²) in [6.45, 7) is 11.9. The molecule has 0 radical (unpaired) electrons. The van der Waals surface area contributed by atoms with Crippen molar-refractivity contribution in [3.05, 3.63) is 0 Å². The van der Waals surface area contributed by atoms with Gasteiger partial charge in [0.2, 0.25) is 0 Å². The van der Waals surface area contributed by atoms with E-state index in [4.69, 9.17) is 4.74 Å². The summed E-state index contributed by atoms with van der Waals surface area (Å²) >= 11 is 0. The third kappa shape index (κ3) is 5.83. The van der Waals surface area contributed by atoms with Crippen molar-refractivity contribution >= 4 is 6.09 Å². The van der Waals surface area contributed by atoms with Crippen LogP contribution in [0.25, 0.3) is 0 Å². The van der Waals surface area contributed by atoms with Crippen molar-refractivity contribution in [1.82, 2.24) is 15.1 Å². The van der Waals surface area contributed by atoms with E-state index >= 15 is 0 Å². The van der Waals surface area contributed by atoms with E-state index in [2.05, 4.69) is 10.2 Å². The molecular formula is C16H31N3O2. The fourth-order valence-electron chi connectivity index (χ4n) is 2.87. The van der Waals surface area contributed by atoms with Gasteiger partial charge in [0, 0.05) is 32.2 Å². The summed E-state index contributed by atoms with van der Waals surface area (Å²) in [6.07, 6.45) is 5.27. The number of hydrogen-bond donors (Lipinski definition) is 1. The fraction of sp³-hybridized carbons (Fsp3) is 0.938. The molecule has 0 saturated carbocycles. The standard InChI is InChI=1S/C16H31N3O2/c1-16(2,3)21-15(20)19-12-14(13-19)17-8-11-18-9-6-4-5-7-10-18/h14,17H,4-13H2,1-3H3. The van der Waals surface area contributed by atoms with Gasteiger partial charge in [-0.3, -0.25) is 0 Å². The van der Waals surface area contributed by atoms with E-state index in [1.165, 1.54) is 38.8 Å². The molecule has 2 aliphatic heterocycles. The highest BCUT2D eigenvalue weighted by molar-refractivity contribution is 5.69. The summed E-state index contributed by atoms with van der Waals surface area (Å²) in [6, 6.07) is 0.435. The topological polar surface area (TPSA) is 44.8 Å². The molecule has 1 N–H and O–H groups in total. The van der Waals surface area contributed by atoms with E-state index in [1.54, 1.807) is 4.90 Å². The summed E-state index contributed by atoms with van der Waals surface area (Å²) in [7, 11) is 0. The highest BCUT2D eigenvalue weighted by Gasteiger charge is 2.33. The molecule has 2 saturated heterocycles. The van der Waals surface area contributed by atoms with Gasteiger partial charge < -0.3 is 19.9 Å². The molecule has 2 rings (SSSR count). The predicted molar refractivity (Wildman–Crippen MR) is 84.5 cm³/mol. The van der Waals surface area contributed by atoms with Gasteiger partial charge >= 0.3 is 6.09 Å². The van der Waals surface area contributed by atoms with Crippen molar-refractivity contribution in [3.8, 4) is 0 Å². The van der Waals surface area contributed by atoms with E-state index in [1.807, 2.05) is 20.8 Å². The second-order valence-corrected chi connectivity index (χ2v) is 7.29. The molecule has 5 heteroatoms. The lowest BCUT2D eigenvalue weighted by Gasteiger charge is -2.40. The molecule has 0 aliphatic carbocycles. The number of amides is 1. The molecular weight excluding hydrogens is 266 g/mol. The summed E-state index contributed by atoms with van der Waals surface area (Å²) in [5.74, 6) is 0. The second-order valence-electron chi connectivity index (χ2n) is 7.29. The number of carbonyl (C=O) groups is 1. The Morgan fingerprint density at radius 3 is 2.33 bits per heavy atom. The van der Waals surface area contributed by atoms with Gasteiger partial charge in [-0.05, 0) is 46.7 Å². The van der Waals surface area contributed by atoms with Crippen LogP contribution in [0.1, 0.15) is 46.5 Å². The number of hydrogen-bond acceptors (Lipinski definition) is 4. The van der Waals surface area contributed by atoms with Crippen molar-refractivity contribution in [2.75, 3.05) is 39.3 Å². The number of rotatable bonds is 4. The Bertz CT molecular complexity index is 327. The molecule has 0 aromatic rings. The SMILES string of the molecule is CC(C)(C)OC(=O)N1CC(NCCN2CCCCCC2)C1. The van der Waals surface area contributed by atoms with E-state index in [-0.39, 0.29) is 6.09 Å². The monoisotopic (exact) mass is 297 g/mol. The highest BCUT2D eigenvalue weighted by Crippen LogP contribution is 2.15. The smallest absolute Gasteiger partial charge is 0.410 e. The van der Waals surface area contributed by atoms with E-state index in [9.17, 15) is 4.79 Å². The van der Waals surface area contributed by atoms with Crippen molar-refractivity contribution in [1.29, 1.82) is 0 Å². The van der Waals surface area contributed by atoms with Gasteiger partial charge in [0.1, 0.15) is 5.60 Å². The molecule has 0 bridgehead atoms. The summed E-state index contributed by atoms with van der Waals surface area (Å²) in [5.41, 5.74) is -0.400. The number of likely N-dealkylation sites (tertiary alicyclic amines) is 2. The van der Waals surface area contributed by atoms with Crippen molar-refractivity contribution in [3.63, 3.8) is 0 Å². The first kappa shape index (κ1) is 16.6. The van der Waals surface area contributed by atoms with Crippen LogP contribution in [0, 0.1) is 0 Å². The van der Waals surface area contributed by atoms with Crippen LogP contribution < -0.4 is 5.32 Å². The lowest BCUT2D eigenvalue weighted by Crippen LogP contribution is -2.61. The maximum atomic E-state index is 11.8. The van der Waals surface area contributed by atoms with Crippen LogP contribution in [0.15, 0.2) is 0 Å². The Hall–Kier alpha value is -0.810. The van der Waals surface area contributed by atoms with Crippen LogP contribution in [-0.4, -0.2) is 66.8 Å². The minimum Gasteiger partial charge on any atom is -0.444 e. The minimum absolute atomic E-state index is 0.187. The van der Waals surface area contributed by atoms with E-state index in [0.29, 0.717) is 6.04 Å². The number of ether oxygens (including phenoxy) is 1. The second kappa shape index (κ2) is 7.45. The first-order valence-corrected chi connectivity index (χ1v) is 8.38. The Kier molecular flexibility index (Phi) is 5.88. The summed E-state index contributed by atoms with van der Waals surface area (Å²) in [4.78, 5) is 16.1. The maximum absolute atomic E-state index is 11.8. The zero-order valence-corrected chi connectivity index (χ0v) is 13.9. The van der Waals surface area contributed by atoms with Crippen LogP contribution in [-0.2, 0) is 4.74 Å². The first-order valence-electron chi connectivity index (χ1n) is 8.38. The normalized spacial score (nSPS) is 21.8. The highest BCUT2D eigenvalue weighted by atomic mass is 16.6. The first-order chi connectivity index (χ1) is 9.94. The number of nitrogens with one attached hydrogen (secondary N) is 1. The zero-order chi connectivity index (χ0) is 15.3. The molecule has 0 atom stereocenters. The van der Waals surface area contributed by atoms with Crippen LogP contribution in [0.3, 0.4) is 0 Å². The maximum Gasteiger partial charge on any atom is 0.410 e. The molecule has 21 heavy (non-hydrogen) atoms. The molecule has 5 nitrogen and oxygen atoms in total. The van der Waals surface area contributed by atoms with E-state index < -0.39 is 5.60 Å². The van der Waals surface area contributed by atoms with Gasteiger partial charge in [-0.25, -0.2) is 4.79 Å². The van der Waals surface area contributed by atoms with Crippen molar-refractivity contribution in [2.45, 2.75) is 58.1 Å². The predicted octanol–water partition coefficient (Wildman–Crippen LogP) is 2.07. The quantitative estimate of drug-likeness (QED) is 0.863. The number of nitrogens with zero attached hydrogens (tertiary/aromatic N) is 2. The third-order valence-corrected chi connectivity index (χ3v) is 4.09. The average Bonchev–Trinajstić information content (AvgIpc) is 2.58. The van der Waals surface area contributed by atoms with Crippen LogP contribution in [0.4, 0.5) is 4.79 Å². The molecule has 2 heterocycles. The van der Waals surface area contributed by atoms with Crippen LogP contribution >= 0.6 is 0 Å². The van der Waals surface area contributed by atoms with Crippen LogP contribution in [0.2, 0.25) is 0 Å². The fourth-order valence-corrected chi connectivity index (χ4v) is 2.87. The molecule has 0 aromatic carbocycles. The third-order valence-electron chi connectivity index (χ3n) is 4.09. The molecule has 0 spiro atoms. The van der Waals surface area contributed by atoms with E-state index in [0.717, 1.165) is 26.2 Å². The van der Waals surface area contributed by atoms with Gasteiger partial charge in [-0.2, -0.15) is 0 Å². The van der Waals surface area contributed by atoms with Crippen LogP contribution in [0.5, 0.6) is 0 Å². The largest absolute Gasteiger partial charge is 0.444 e. The minimum atomic E-state index is -0.400.